The molecule has 0 saturated carbocycles. The van der Waals surface area contributed by atoms with Crippen LogP contribution in [0.25, 0.3) is 0 Å². The maximum absolute atomic E-state index is 0. The monoisotopic (exact) mass is 336 g/mol. The van der Waals surface area contributed by atoms with Gasteiger partial charge in [0.1, 0.15) is 0 Å². The molecule has 0 aliphatic rings. The van der Waals surface area contributed by atoms with Crippen molar-refractivity contribution < 1.29 is 106 Å². The molecule has 0 atom stereocenters. The molecule has 0 aromatic heterocycles. The van der Waals surface area contributed by atoms with Crippen LogP contribution in [0.2, 0.25) is 0 Å². The van der Waals surface area contributed by atoms with Gasteiger partial charge in [-0.3, -0.25) is 0 Å². The molecule has 0 aromatic carbocycles. The zero-order valence-electron chi connectivity index (χ0n) is 2.21. The second-order valence-electron chi connectivity index (χ2n) is 0. The molecule has 0 bridgehead atoms. The smallest absolute Gasteiger partial charge is 0 e. The summed E-state index contributed by atoms with van der Waals surface area (Å²) < 4.78 is 0. The Kier molecular flexibility index (Phi) is 401. The molecule has 0 aliphatic carbocycles. The van der Waals surface area contributed by atoms with Crippen LogP contribution in [-0.2, 0) is 106 Å². The third kappa shape index (κ3) is 26.7. The average molecular weight is 337 g/mol. The predicted molar refractivity (Wildman–Crippen MR) is 0 cm³/mol. The van der Waals surface area contributed by atoms with Crippen molar-refractivity contribution in [2.75, 3.05) is 0 Å². The van der Waals surface area contributed by atoms with Gasteiger partial charge in [0.15, 0.2) is 0 Å². The van der Waals surface area contributed by atoms with E-state index in [0.29, 0.717) is 0 Å². The van der Waals surface area contributed by atoms with Crippen LogP contribution in [0, 0.1) is 0 Å². The summed E-state index contributed by atoms with van der Waals surface area (Å²) in [5, 5.41) is 0. The summed E-state index contributed by atoms with van der Waals surface area (Å²) in [6, 6.07) is 0. The fourth-order valence-corrected chi connectivity index (χ4v) is 0. The van der Waals surface area contributed by atoms with Gasteiger partial charge in [0.05, 0.1) is 0 Å². The van der Waals surface area contributed by atoms with Gasteiger partial charge in [-0.05, 0) is 0 Å². The van der Waals surface area contributed by atoms with Crippen molar-refractivity contribution in [3.8, 4) is 0 Å². The van der Waals surface area contributed by atoms with Crippen LogP contribution in [0.15, 0.2) is 0 Å². The molecule has 0 aromatic rings. The van der Waals surface area contributed by atoms with E-state index in [1.54, 1.807) is 0 Å². The van der Waals surface area contributed by atoms with Gasteiger partial charge in [-0.1, -0.05) is 0 Å². The first-order chi connectivity index (χ1) is 0. The quantitative estimate of drug-likeness (QED) is 0.546. The van der Waals surface area contributed by atoms with Crippen molar-refractivity contribution in [2.24, 2.45) is 0 Å². The summed E-state index contributed by atoms with van der Waals surface area (Å²) in [6.45, 7) is 0. The van der Waals surface area contributed by atoms with Crippen LogP contribution in [0.1, 0.15) is 0 Å². The molecule has 0 N–H and O–H groups in total. The van der Waals surface area contributed by atoms with Gasteiger partial charge in [-0.15, -0.1) is 0 Å². The van der Waals surface area contributed by atoms with E-state index in [2.05, 4.69) is 0 Å². The molecule has 0 rings (SSSR count). The van der Waals surface area contributed by atoms with Gasteiger partial charge < -0.3 is 0 Å². The molecule has 0 unspecified atom stereocenters. The van der Waals surface area contributed by atoms with Crippen molar-refractivity contribution in [1.82, 2.24) is 0 Å². The molecule has 0 heterocycles. The molecule has 48 valence electrons. The van der Waals surface area contributed by atoms with Gasteiger partial charge in [-0.2, -0.15) is 0 Å². The number of hydrogen-bond donors (Lipinski definition) is 0. The van der Waals surface area contributed by atoms with E-state index in [1.165, 1.54) is 0 Å². The molecule has 0 amide bonds. The van der Waals surface area contributed by atoms with E-state index in [0.717, 1.165) is 0 Å². The topological polar surface area (TPSA) is 0 Å². The second kappa shape index (κ2) is 40.7. The molecule has 6 heteroatoms. The zero-order chi connectivity index (χ0) is 0. The molecular weight excluding hydrogens is 337 g/mol. The minimum absolute atomic E-state index is 0. The van der Waals surface area contributed by atoms with E-state index >= 15 is 0 Å². The SMILES string of the molecule is [Co].[Cr].[Cu].[Fe].[Ni].[Ti]. The summed E-state index contributed by atoms with van der Waals surface area (Å²) in [6.07, 6.45) is 0. The molecule has 2 radical (unpaired) electrons. The fourth-order valence-electron chi connectivity index (χ4n) is 0. The predicted octanol–water partition coefficient (Wildman–Crippen LogP) is -0.0150. The van der Waals surface area contributed by atoms with Crippen molar-refractivity contribution in [1.29, 1.82) is 0 Å². The Hall–Kier alpha value is 3.29. The molecule has 0 nitrogen and oxygen atoms in total. The first-order valence-electron chi connectivity index (χ1n) is 0. The Morgan fingerprint density at radius 2 is 1.00 bits per heavy atom. The van der Waals surface area contributed by atoms with E-state index in [4.69, 9.17) is 0 Å². The van der Waals surface area contributed by atoms with Crippen LogP contribution in [-0.4, -0.2) is 0 Å². The van der Waals surface area contributed by atoms with Gasteiger partial charge in [0.2, 0.25) is 0 Å². The van der Waals surface area contributed by atoms with Crippen LogP contribution in [0.3, 0.4) is 0 Å². The Labute approximate surface area is 105 Å². The van der Waals surface area contributed by atoms with Gasteiger partial charge in [0, 0.05) is 106 Å². The molecule has 6 heavy (non-hydrogen) atoms. The third-order valence-corrected chi connectivity index (χ3v) is 0. The van der Waals surface area contributed by atoms with Crippen LogP contribution < -0.4 is 0 Å². The molecule has 0 saturated heterocycles. The number of rotatable bonds is 0. The Bertz CT molecular complexity index is 15.5. The summed E-state index contributed by atoms with van der Waals surface area (Å²) >= 11 is 0. The first-order valence-corrected chi connectivity index (χ1v) is 0. The second-order valence-corrected chi connectivity index (χ2v) is 0. The number of hydrogen-bond acceptors (Lipinski definition) is 0. The zero-order valence-corrected chi connectivity index (χ0v) is 9.12. The first kappa shape index (κ1) is 59.0. The maximum Gasteiger partial charge on any atom is 0 e. The van der Waals surface area contributed by atoms with E-state index < -0.39 is 0 Å². The van der Waals surface area contributed by atoms with E-state index in [-0.39, 0.29) is 106 Å². The van der Waals surface area contributed by atoms with Crippen molar-refractivity contribution in [3.63, 3.8) is 0 Å². The average Bonchev–Trinajstić information content (AvgIpc) is 0. The fraction of sp³-hybridized carbons (Fsp3) is 0. The van der Waals surface area contributed by atoms with Crippen molar-refractivity contribution in [3.05, 3.63) is 0 Å². The molecule has 0 spiro atoms. The summed E-state index contributed by atoms with van der Waals surface area (Å²) in [5.74, 6) is 0. The summed E-state index contributed by atoms with van der Waals surface area (Å²) in [4.78, 5) is 0. The normalized spacial score (nSPS) is 0. The molecular formula is CoCrCuFeNiTi. The van der Waals surface area contributed by atoms with Gasteiger partial charge >= 0.3 is 0 Å². The van der Waals surface area contributed by atoms with Crippen LogP contribution in [0.4, 0.5) is 0 Å². The van der Waals surface area contributed by atoms with E-state index in [9.17, 15) is 0 Å². The summed E-state index contributed by atoms with van der Waals surface area (Å²) in [5.41, 5.74) is 0. The minimum atomic E-state index is 0. The molecule has 0 fully saturated rings. The third-order valence-electron chi connectivity index (χ3n) is 0. The van der Waals surface area contributed by atoms with Gasteiger partial charge in [-0.25, -0.2) is 0 Å². The van der Waals surface area contributed by atoms with Crippen LogP contribution >= 0.6 is 0 Å². The summed E-state index contributed by atoms with van der Waals surface area (Å²) in [7, 11) is 0. The van der Waals surface area contributed by atoms with Crippen molar-refractivity contribution >= 4 is 0 Å². The van der Waals surface area contributed by atoms with Gasteiger partial charge in [0.25, 0.3) is 0 Å². The largest absolute Gasteiger partial charge is 0 e. The Morgan fingerprint density at radius 3 is 1.00 bits per heavy atom. The van der Waals surface area contributed by atoms with E-state index in [1.807, 2.05) is 0 Å². The maximum atomic E-state index is 0. The minimum Gasteiger partial charge on any atom is 0 e. The molecule has 0 aliphatic heterocycles. The standard InChI is InChI=1S/Co.Cr.Cu.Fe.Ni.Ti. The Morgan fingerprint density at radius 1 is 1.00 bits per heavy atom. The van der Waals surface area contributed by atoms with Crippen LogP contribution in [0.5, 0.6) is 0 Å². The van der Waals surface area contributed by atoms with Crippen molar-refractivity contribution in [2.45, 2.75) is 0 Å². The Balaban J connectivity index is 0.